The van der Waals surface area contributed by atoms with Gasteiger partial charge in [0.15, 0.2) is 0 Å². The van der Waals surface area contributed by atoms with Gasteiger partial charge in [0.05, 0.1) is 0 Å². The van der Waals surface area contributed by atoms with Crippen molar-refractivity contribution in [3.8, 4) is 0 Å². The van der Waals surface area contributed by atoms with E-state index in [1.54, 1.807) is 0 Å². The average molecular weight is 154 g/mol. The lowest BCUT2D eigenvalue weighted by molar-refractivity contribution is 0.497. The van der Waals surface area contributed by atoms with Crippen molar-refractivity contribution in [2.24, 2.45) is 17.8 Å². The van der Waals surface area contributed by atoms with Gasteiger partial charge in [0.1, 0.15) is 0 Å². The number of hydrogen-bond acceptors (Lipinski definition) is 0. The van der Waals surface area contributed by atoms with Crippen LogP contribution in [-0.2, 0) is 0 Å². The molecule has 0 heterocycles. The van der Waals surface area contributed by atoms with Crippen LogP contribution in [0.1, 0.15) is 41.5 Å². The summed E-state index contributed by atoms with van der Waals surface area (Å²) in [5, 5.41) is 0. The molecule has 0 saturated carbocycles. The van der Waals surface area contributed by atoms with E-state index in [0.717, 1.165) is 11.8 Å². The zero-order chi connectivity index (χ0) is 9.02. The topological polar surface area (TPSA) is 0 Å². The SMILES string of the molecule is CC(=CC(C)C(C)C)C(C)C. The summed E-state index contributed by atoms with van der Waals surface area (Å²) in [4.78, 5) is 0. The Morgan fingerprint density at radius 1 is 1.00 bits per heavy atom. The Hall–Kier alpha value is -0.260. The van der Waals surface area contributed by atoms with Crippen LogP contribution >= 0.6 is 0 Å². The van der Waals surface area contributed by atoms with E-state index in [0.29, 0.717) is 5.92 Å². The summed E-state index contributed by atoms with van der Waals surface area (Å²) in [6.45, 7) is 13.6. The quantitative estimate of drug-likeness (QED) is 0.541. The van der Waals surface area contributed by atoms with Crippen molar-refractivity contribution >= 4 is 0 Å². The summed E-state index contributed by atoms with van der Waals surface area (Å²) in [5.74, 6) is 2.19. The van der Waals surface area contributed by atoms with Gasteiger partial charge in [-0.2, -0.15) is 0 Å². The van der Waals surface area contributed by atoms with E-state index >= 15 is 0 Å². The average Bonchev–Trinajstić information content (AvgIpc) is 1.87. The molecule has 1 unspecified atom stereocenters. The fourth-order valence-corrected chi connectivity index (χ4v) is 0.800. The number of rotatable bonds is 3. The van der Waals surface area contributed by atoms with Gasteiger partial charge in [0.2, 0.25) is 0 Å². The van der Waals surface area contributed by atoms with Crippen LogP contribution in [0.5, 0.6) is 0 Å². The zero-order valence-electron chi connectivity index (χ0n) is 8.81. The molecule has 0 N–H and O–H groups in total. The molecule has 66 valence electrons. The Bertz CT molecular complexity index is 129. The minimum atomic E-state index is 0.705. The lowest BCUT2D eigenvalue weighted by Crippen LogP contribution is -2.02. The Morgan fingerprint density at radius 2 is 1.45 bits per heavy atom. The third-order valence-corrected chi connectivity index (χ3v) is 2.49. The van der Waals surface area contributed by atoms with E-state index in [2.05, 4.69) is 47.6 Å². The molecule has 0 rings (SSSR count). The van der Waals surface area contributed by atoms with Gasteiger partial charge in [0, 0.05) is 0 Å². The van der Waals surface area contributed by atoms with Crippen molar-refractivity contribution in [3.05, 3.63) is 11.6 Å². The summed E-state index contributed by atoms with van der Waals surface area (Å²) < 4.78 is 0. The molecule has 0 saturated heterocycles. The first-order chi connectivity index (χ1) is 4.95. The molecule has 0 aromatic heterocycles. The summed E-state index contributed by atoms with van der Waals surface area (Å²) in [6.07, 6.45) is 2.40. The molecule has 0 fully saturated rings. The lowest BCUT2D eigenvalue weighted by atomic mass is 9.93. The first kappa shape index (κ1) is 10.7. The monoisotopic (exact) mass is 154 g/mol. The first-order valence-corrected chi connectivity index (χ1v) is 4.63. The molecule has 0 heteroatoms. The highest BCUT2D eigenvalue weighted by Gasteiger charge is 2.04. The predicted molar refractivity (Wildman–Crippen MR) is 52.6 cm³/mol. The van der Waals surface area contributed by atoms with Crippen molar-refractivity contribution in [2.45, 2.75) is 41.5 Å². The summed E-state index contributed by atoms with van der Waals surface area (Å²) in [7, 11) is 0. The Labute approximate surface area is 71.7 Å². The normalized spacial score (nSPS) is 16.2. The van der Waals surface area contributed by atoms with Gasteiger partial charge in [-0.25, -0.2) is 0 Å². The molecule has 0 aromatic carbocycles. The first-order valence-electron chi connectivity index (χ1n) is 4.63. The molecular weight excluding hydrogens is 132 g/mol. The minimum Gasteiger partial charge on any atom is -0.0823 e. The van der Waals surface area contributed by atoms with E-state index in [9.17, 15) is 0 Å². The highest BCUT2D eigenvalue weighted by Crippen LogP contribution is 2.17. The molecule has 0 aliphatic carbocycles. The van der Waals surface area contributed by atoms with Crippen LogP contribution < -0.4 is 0 Å². The third-order valence-electron chi connectivity index (χ3n) is 2.49. The molecule has 0 radical (unpaired) electrons. The Balaban J connectivity index is 4.07. The van der Waals surface area contributed by atoms with E-state index in [-0.39, 0.29) is 0 Å². The molecule has 0 spiro atoms. The van der Waals surface area contributed by atoms with Crippen LogP contribution in [0.4, 0.5) is 0 Å². The molecule has 0 aliphatic heterocycles. The smallest absolute Gasteiger partial charge is 0.0236 e. The van der Waals surface area contributed by atoms with Crippen LogP contribution in [-0.4, -0.2) is 0 Å². The second kappa shape index (κ2) is 4.58. The largest absolute Gasteiger partial charge is 0.0823 e. The lowest BCUT2D eigenvalue weighted by Gasteiger charge is -2.13. The van der Waals surface area contributed by atoms with Crippen LogP contribution in [0.15, 0.2) is 11.6 Å². The van der Waals surface area contributed by atoms with Gasteiger partial charge in [0.25, 0.3) is 0 Å². The zero-order valence-corrected chi connectivity index (χ0v) is 8.81. The van der Waals surface area contributed by atoms with Crippen LogP contribution in [0.2, 0.25) is 0 Å². The maximum atomic E-state index is 2.40. The second-order valence-electron chi connectivity index (χ2n) is 4.17. The fourth-order valence-electron chi connectivity index (χ4n) is 0.800. The van der Waals surface area contributed by atoms with Gasteiger partial charge >= 0.3 is 0 Å². The Morgan fingerprint density at radius 3 is 1.73 bits per heavy atom. The summed E-state index contributed by atoms with van der Waals surface area (Å²) in [5.41, 5.74) is 1.52. The van der Waals surface area contributed by atoms with E-state index < -0.39 is 0 Å². The van der Waals surface area contributed by atoms with Crippen molar-refractivity contribution < 1.29 is 0 Å². The van der Waals surface area contributed by atoms with Gasteiger partial charge in [-0.3, -0.25) is 0 Å². The molecule has 0 amide bonds. The van der Waals surface area contributed by atoms with Crippen molar-refractivity contribution in [1.82, 2.24) is 0 Å². The maximum absolute atomic E-state index is 2.40. The molecule has 0 aliphatic rings. The van der Waals surface area contributed by atoms with Crippen molar-refractivity contribution in [2.75, 3.05) is 0 Å². The molecule has 1 atom stereocenters. The van der Waals surface area contributed by atoms with Crippen molar-refractivity contribution in [1.29, 1.82) is 0 Å². The van der Waals surface area contributed by atoms with Crippen LogP contribution in [0.25, 0.3) is 0 Å². The number of allylic oxidation sites excluding steroid dienone is 2. The highest BCUT2D eigenvalue weighted by atomic mass is 14.1. The molecule has 0 nitrogen and oxygen atoms in total. The highest BCUT2D eigenvalue weighted by molar-refractivity contribution is 5.03. The van der Waals surface area contributed by atoms with E-state index in [1.807, 2.05) is 0 Å². The second-order valence-corrected chi connectivity index (χ2v) is 4.17. The molecule has 0 bridgehead atoms. The van der Waals surface area contributed by atoms with E-state index in [4.69, 9.17) is 0 Å². The van der Waals surface area contributed by atoms with Gasteiger partial charge in [-0.1, -0.05) is 46.3 Å². The van der Waals surface area contributed by atoms with Gasteiger partial charge in [-0.15, -0.1) is 0 Å². The van der Waals surface area contributed by atoms with E-state index in [1.165, 1.54) is 5.57 Å². The summed E-state index contributed by atoms with van der Waals surface area (Å²) >= 11 is 0. The van der Waals surface area contributed by atoms with Crippen molar-refractivity contribution in [3.63, 3.8) is 0 Å². The van der Waals surface area contributed by atoms with Crippen LogP contribution in [0.3, 0.4) is 0 Å². The summed E-state index contributed by atoms with van der Waals surface area (Å²) in [6, 6.07) is 0. The molecule has 0 aromatic rings. The molecule has 11 heavy (non-hydrogen) atoms. The molecular formula is C11H22. The standard InChI is InChI=1S/C11H22/c1-8(2)10(5)7-11(6)9(3)4/h7-10H,1-6H3. The Kier molecular flexibility index (Phi) is 4.48. The van der Waals surface area contributed by atoms with Crippen LogP contribution in [0, 0.1) is 17.8 Å². The number of hydrogen-bond donors (Lipinski definition) is 0. The predicted octanol–water partition coefficient (Wildman–Crippen LogP) is 3.88. The fraction of sp³-hybridized carbons (Fsp3) is 0.818. The van der Waals surface area contributed by atoms with Gasteiger partial charge < -0.3 is 0 Å². The minimum absolute atomic E-state index is 0.705. The maximum Gasteiger partial charge on any atom is -0.0236 e. The third kappa shape index (κ3) is 4.23. The van der Waals surface area contributed by atoms with Gasteiger partial charge in [-0.05, 0) is 24.7 Å².